The first-order valence-electron chi connectivity index (χ1n) is 3.10. The van der Waals surface area contributed by atoms with Gasteiger partial charge in [0.2, 0.25) is 5.60 Å². The standard InChI is InChI=1S/C6H8F2O5/c1-5(12,4(11)13-2)6(7,8)3(9)10/h12H,1-2H3,(H,9,10). The summed E-state index contributed by atoms with van der Waals surface area (Å²) in [5.74, 6) is -8.89. The van der Waals surface area contributed by atoms with Gasteiger partial charge in [0, 0.05) is 0 Å². The molecule has 0 amide bonds. The molecular formula is C6H8F2O5. The van der Waals surface area contributed by atoms with Crippen LogP contribution in [-0.2, 0) is 14.3 Å². The summed E-state index contributed by atoms with van der Waals surface area (Å²) in [4.78, 5) is 20.5. The Morgan fingerprint density at radius 2 is 1.77 bits per heavy atom. The molecule has 0 radical (unpaired) electrons. The van der Waals surface area contributed by atoms with Crippen molar-refractivity contribution in [2.24, 2.45) is 0 Å². The van der Waals surface area contributed by atoms with Gasteiger partial charge in [0.25, 0.3) is 0 Å². The van der Waals surface area contributed by atoms with Crippen LogP contribution in [-0.4, -0.2) is 40.8 Å². The molecule has 0 rings (SSSR count). The van der Waals surface area contributed by atoms with E-state index in [1.807, 2.05) is 0 Å². The van der Waals surface area contributed by atoms with Gasteiger partial charge in [-0.05, 0) is 6.92 Å². The van der Waals surface area contributed by atoms with E-state index in [9.17, 15) is 18.4 Å². The Balaban J connectivity index is 5.02. The summed E-state index contributed by atoms with van der Waals surface area (Å²) in [7, 11) is 0.759. The fourth-order valence-electron chi connectivity index (χ4n) is 0.535. The summed E-state index contributed by atoms with van der Waals surface area (Å²) < 4.78 is 29.0. The molecule has 0 aromatic carbocycles. The number of hydrogen-bond acceptors (Lipinski definition) is 4. The summed E-state index contributed by atoms with van der Waals surface area (Å²) in [5, 5.41) is 16.9. The van der Waals surface area contributed by atoms with Crippen molar-refractivity contribution < 1.29 is 33.3 Å². The highest BCUT2D eigenvalue weighted by Gasteiger charge is 2.61. The molecule has 1 unspecified atom stereocenters. The quantitative estimate of drug-likeness (QED) is 0.604. The predicted molar refractivity (Wildman–Crippen MR) is 35.2 cm³/mol. The molecule has 0 saturated heterocycles. The largest absolute Gasteiger partial charge is 0.477 e. The number of rotatable bonds is 3. The number of carboxylic acid groups (broad SMARTS) is 1. The second-order valence-corrected chi connectivity index (χ2v) is 2.44. The number of hydrogen-bond donors (Lipinski definition) is 2. The van der Waals surface area contributed by atoms with Crippen molar-refractivity contribution in [3.05, 3.63) is 0 Å². The Kier molecular flexibility index (Phi) is 2.94. The van der Waals surface area contributed by atoms with Crippen LogP contribution in [0, 0.1) is 0 Å². The molecule has 1 atom stereocenters. The molecule has 76 valence electrons. The lowest BCUT2D eigenvalue weighted by Gasteiger charge is -2.25. The van der Waals surface area contributed by atoms with Gasteiger partial charge in [-0.15, -0.1) is 0 Å². The molecule has 0 aromatic heterocycles. The van der Waals surface area contributed by atoms with Crippen LogP contribution in [0.5, 0.6) is 0 Å². The van der Waals surface area contributed by atoms with E-state index in [4.69, 9.17) is 10.2 Å². The van der Waals surface area contributed by atoms with Crippen LogP contribution in [0.15, 0.2) is 0 Å². The third-order valence-electron chi connectivity index (χ3n) is 1.46. The zero-order valence-electron chi connectivity index (χ0n) is 6.88. The number of aliphatic carboxylic acids is 1. The van der Waals surface area contributed by atoms with E-state index in [1.165, 1.54) is 0 Å². The molecule has 0 heterocycles. The van der Waals surface area contributed by atoms with Gasteiger partial charge in [0.15, 0.2) is 0 Å². The van der Waals surface area contributed by atoms with Crippen LogP contribution in [0.2, 0.25) is 0 Å². The molecule has 0 fully saturated rings. The summed E-state index contributed by atoms with van der Waals surface area (Å²) in [6, 6.07) is 0. The highest BCUT2D eigenvalue weighted by molar-refractivity contribution is 5.89. The van der Waals surface area contributed by atoms with Crippen LogP contribution in [0.1, 0.15) is 6.92 Å². The Morgan fingerprint density at radius 3 is 2.00 bits per heavy atom. The third kappa shape index (κ3) is 1.74. The molecule has 2 N–H and O–H groups in total. The van der Waals surface area contributed by atoms with E-state index in [1.54, 1.807) is 0 Å². The Bertz CT molecular complexity index is 235. The van der Waals surface area contributed by atoms with Gasteiger partial charge in [-0.25, -0.2) is 9.59 Å². The highest BCUT2D eigenvalue weighted by Crippen LogP contribution is 2.29. The van der Waals surface area contributed by atoms with E-state index in [0.29, 0.717) is 6.92 Å². The van der Waals surface area contributed by atoms with Crippen molar-refractivity contribution in [1.29, 1.82) is 0 Å². The first kappa shape index (κ1) is 11.8. The maximum Gasteiger partial charge on any atom is 0.381 e. The molecule has 0 bridgehead atoms. The monoisotopic (exact) mass is 198 g/mol. The van der Waals surface area contributed by atoms with Crippen LogP contribution in [0.4, 0.5) is 8.78 Å². The lowest BCUT2D eigenvalue weighted by molar-refractivity contribution is -0.216. The molecule has 13 heavy (non-hydrogen) atoms. The fraction of sp³-hybridized carbons (Fsp3) is 0.667. The lowest BCUT2D eigenvalue weighted by Crippen LogP contribution is -2.56. The van der Waals surface area contributed by atoms with Crippen molar-refractivity contribution in [2.75, 3.05) is 7.11 Å². The molecule has 5 nitrogen and oxygen atoms in total. The number of methoxy groups -OCH3 is 1. The molecule has 0 aliphatic carbocycles. The first-order valence-corrected chi connectivity index (χ1v) is 3.10. The van der Waals surface area contributed by atoms with E-state index >= 15 is 0 Å². The Hall–Kier alpha value is -1.24. The van der Waals surface area contributed by atoms with Crippen molar-refractivity contribution in [2.45, 2.75) is 18.4 Å². The van der Waals surface area contributed by atoms with Gasteiger partial charge < -0.3 is 14.9 Å². The zero-order valence-corrected chi connectivity index (χ0v) is 6.88. The number of carbonyl (C=O) groups is 2. The predicted octanol–water partition coefficient (Wildman–Crippen LogP) is -0.370. The molecule has 0 saturated carbocycles. The van der Waals surface area contributed by atoms with Gasteiger partial charge >= 0.3 is 17.9 Å². The number of carbonyl (C=O) groups excluding carboxylic acids is 1. The highest BCUT2D eigenvalue weighted by atomic mass is 19.3. The second-order valence-electron chi connectivity index (χ2n) is 2.44. The maximum absolute atomic E-state index is 12.6. The molecule has 0 aliphatic heterocycles. The SMILES string of the molecule is COC(=O)C(C)(O)C(F)(F)C(=O)O. The average Bonchev–Trinajstić information content (AvgIpc) is 2.02. The van der Waals surface area contributed by atoms with Gasteiger partial charge in [-0.3, -0.25) is 0 Å². The molecule has 0 aliphatic rings. The topological polar surface area (TPSA) is 83.8 Å². The maximum atomic E-state index is 12.6. The fourth-order valence-corrected chi connectivity index (χ4v) is 0.535. The van der Waals surface area contributed by atoms with Crippen LogP contribution < -0.4 is 0 Å². The minimum absolute atomic E-state index is 0.368. The Morgan fingerprint density at radius 1 is 1.38 bits per heavy atom. The minimum atomic E-state index is -4.58. The van der Waals surface area contributed by atoms with Crippen LogP contribution in [0.3, 0.4) is 0 Å². The number of esters is 1. The molecular weight excluding hydrogens is 190 g/mol. The zero-order chi connectivity index (χ0) is 10.9. The van der Waals surface area contributed by atoms with Crippen LogP contribution in [0.25, 0.3) is 0 Å². The number of aliphatic hydroxyl groups is 1. The van der Waals surface area contributed by atoms with Crippen molar-refractivity contribution >= 4 is 11.9 Å². The van der Waals surface area contributed by atoms with Gasteiger partial charge in [0.05, 0.1) is 7.11 Å². The normalized spacial score (nSPS) is 16.1. The smallest absolute Gasteiger partial charge is 0.381 e. The average molecular weight is 198 g/mol. The van der Waals surface area contributed by atoms with Crippen molar-refractivity contribution in [3.63, 3.8) is 0 Å². The summed E-state index contributed by atoms with van der Waals surface area (Å²) in [6.45, 7) is 0.368. The number of alkyl halides is 2. The van der Waals surface area contributed by atoms with Crippen molar-refractivity contribution in [3.8, 4) is 0 Å². The third-order valence-corrected chi connectivity index (χ3v) is 1.46. The van der Waals surface area contributed by atoms with Gasteiger partial charge in [-0.1, -0.05) is 0 Å². The van der Waals surface area contributed by atoms with Gasteiger partial charge in [-0.2, -0.15) is 8.78 Å². The number of ether oxygens (including phenoxy) is 1. The summed E-state index contributed by atoms with van der Waals surface area (Å²) in [5.41, 5.74) is -3.37. The van der Waals surface area contributed by atoms with E-state index in [2.05, 4.69) is 4.74 Å². The van der Waals surface area contributed by atoms with E-state index in [0.717, 1.165) is 7.11 Å². The summed E-state index contributed by atoms with van der Waals surface area (Å²) in [6.07, 6.45) is 0. The van der Waals surface area contributed by atoms with Gasteiger partial charge in [0.1, 0.15) is 0 Å². The lowest BCUT2D eigenvalue weighted by atomic mass is 9.98. The number of halogens is 2. The van der Waals surface area contributed by atoms with E-state index < -0.39 is 23.5 Å². The molecule has 0 spiro atoms. The Labute approximate surface area is 71.9 Å². The van der Waals surface area contributed by atoms with E-state index in [-0.39, 0.29) is 0 Å². The first-order chi connectivity index (χ1) is 5.67. The molecule has 7 heteroatoms. The summed E-state index contributed by atoms with van der Waals surface area (Å²) >= 11 is 0. The second kappa shape index (κ2) is 3.25. The number of carboxylic acids is 1. The molecule has 0 aromatic rings. The van der Waals surface area contributed by atoms with Crippen LogP contribution >= 0.6 is 0 Å². The van der Waals surface area contributed by atoms with Crippen molar-refractivity contribution in [1.82, 2.24) is 0 Å². The minimum Gasteiger partial charge on any atom is -0.477 e.